The predicted octanol–water partition coefficient (Wildman–Crippen LogP) is 1.74. The first-order valence-corrected chi connectivity index (χ1v) is 9.32. The molecule has 0 atom stereocenters. The van der Waals surface area contributed by atoms with E-state index in [4.69, 9.17) is 4.74 Å². The Morgan fingerprint density at radius 3 is 2.46 bits per heavy atom. The molecular weight excluding hydrogens is 326 g/mol. The molecule has 1 heterocycles. The maximum Gasteiger partial charge on any atom is 0.279 e. The zero-order chi connectivity index (χ0) is 18.4. The highest BCUT2D eigenvalue weighted by Gasteiger charge is 2.23. The van der Waals surface area contributed by atoms with Crippen molar-refractivity contribution in [3.05, 3.63) is 54.1 Å². The molecule has 1 fully saturated rings. The van der Waals surface area contributed by atoms with Crippen LogP contribution in [0.2, 0.25) is 0 Å². The molecular formula is C21H28N3O2+. The molecule has 1 aliphatic heterocycles. The van der Waals surface area contributed by atoms with Gasteiger partial charge >= 0.3 is 0 Å². The summed E-state index contributed by atoms with van der Waals surface area (Å²) in [5, 5.41) is 2.98. The van der Waals surface area contributed by atoms with Crippen molar-refractivity contribution in [2.45, 2.75) is 13.8 Å². The largest absolute Gasteiger partial charge is 0.494 e. The number of para-hydroxylation sites is 1. The number of ether oxygens (including phenoxy) is 1. The molecule has 3 rings (SSSR count). The van der Waals surface area contributed by atoms with Gasteiger partial charge in [0.25, 0.3) is 5.91 Å². The van der Waals surface area contributed by atoms with Crippen molar-refractivity contribution in [1.29, 1.82) is 0 Å². The van der Waals surface area contributed by atoms with Crippen LogP contribution in [0.25, 0.3) is 0 Å². The summed E-state index contributed by atoms with van der Waals surface area (Å²) in [6.07, 6.45) is 0. The van der Waals surface area contributed by atoms with Crippen molar-refractivity contribution >= 4 is 17.3 Å². The molecule has 1 saturated heterocycles. The normalized spacial score (nSPS) is 14.9. The van der Waals surface area contributed by atoms with Crippen LogP contribution < -0.4 is 19.9 Å². The zero-order valence-corrected chi connectivity index (χ0v) is 15.6. The Kier molecular flexibility index (Phi) is 6.12. The van der Waals surface area contributed by atoms with Gasteiger partial charge in [0.05, 0.1) is 32.8 Å². The summed E-state index contributed by atoms with van der Waals surface area (Å²) in [5.74, 6) is 0.886. The van der Waals surface area contributed by atoms with Gasteiger partial charge in [-0.15, -0.1) is 0 Å². The molecule has 138 valence electrons. The minimum Gasteiger partial charge on any atom is -0.494 e. The van der Waals surface area contributed by atoms with Crippen molar-refractivity contribution in [2.24, 2.45) is 0 Å². The number of amides is 1. The number of nitrogens with one attached hydrogen (secondary N) is 2. The number of carbonyl (C=O) groups excluding carboxylic acids is 1. The molecule has 0 unspecified atom stereocenters. The number of rotatable bonds is 6. The zero-order valence-electron chi connectivity index (χ0n) is 15.6. The first-order valence-electron chi connectivity index (χ1n) is 9.32. The molecule has 5 heteroatoms. The number of hydrogen-bond donors (Lipinski definition) is 2. The molecule has 1 amide bonds. The quantitative estimate of drug-likeness (QED) is 0.831. The van der Waals surface area contributed by atoms with Gasteiger partial charge in [0, 0.05) is 11.4 Å². The van der Waals surface area contributed by atoms with E-state index in [0.717, 1.165) is 37.6 Å². The molecule has 0 aromatic heterocycles. The van der Waals surface area contributed by atoms with Gasteiger partial charge in [-0.05, 0) is 49.7 Å². The third kappa shape index (κ3) is 4.76. The molecule has 1 aliphatic rings. The van der Waals surface area contributed by atoms with E-state index in [1.165, 1.54) is 16.2 Å². The van der Waals surface area contributed by atoms with Crippen LogP contribution in [0.4, 0.5) is 11.4 Å². The van der Waals surface area contributed by atoms with Gasteiger partial charge in [0.1, 0.15) is 5.75 Å². The van der Waals surface area contributed by atoms with Crippen molar-refractivity contribution in [3.8, 4) is 5.75 Å². The van der Waals surface area contributed by atoms with E-state index in [1.807, 2.05) is 31.2 Å². The van der Waals surface area contributed by atoms with Crippen molar-refractivity contribution in [3.63, 3.8) is 0 Å². The number of anilines is 2. The van der Waals surface area contributed by atoms with E-state index in [0.29, 0.717) is 13.2 Å². The Balaban J connectivity index is 1.46. The van der Waals surface area contributed by atoms with E-state index >= 15 is 0 Å². The van der Waals surface area contributed by atoms with Gasteiger partial charge < -0.3 is 19.9 Å². The summed E-state index contributed by atoms with van der Waals surface area (Å²) < 4.78 is 5.42. The van der Waals surface area contributed by atoms with E-state index in [-0.39, 0.29) is 5.91 Å². The van der Waals surface area contributed by atoms with Crippen molar-refractivity contribution < 1.29 is 14.4 Å². The fraction of sp³-hybridized carbons (Fsp3) is 0.381. The van der Waals surface area contributed by atoms with Crippen molar-refractivity contribution in [1.82, 2.24) is 0 Å². The Hall–Kier alpha value is -2.53. The second kappa shape index (κ2) is 8.72. The fourth-order valence-electron chi connectivity index (χ4n) is 3.39. The van der Waals surface area contributed by atoms with Crippen LogP contribution in [0.3, 0.4) is 0 Å². The third-order valence-electron chi connectivity index (χ3n) is 4.79. The Morgan fingerprint density at radius 1 is 1.12 bits per heavy atom. The Labute approximate surface area is 155 Å². The maximum absolute atomic E-state index is 12.3. The standard InChI is InChI=1S/C21H27N3O2/c1-3-26-19-10-8-18(9-11-19)22-21(25)16-23-12-14-24(15-13-23)20-7-5-4-6-17(20)2/h4-11H,3,12-16H2,1-2H3,(H,22,25)/p+1. The molecule has 26 heavy (non-hydrogen) atoms. The molecule has 2 N–H and O–H groups in total. The molecule has 0 spiro atoms. The van der Waals surface area contributed by atoms with Gasteiger partial charge in [-0.2, -0.15) is 0 Å². The van der Waals surface area contributed by atoms with Crippen LogP contribution in [0.15, 0.2) is 48.5 Å². The molecule has 0 bridgehead atoms. The fourth-order valence-corrected chi connectivity index (χ4v) is 3.39. The SMILES string of the molecule is CCOc1ccc(NC(=O)C[NH+]2CCN(c3ccccc3C)CC2)cc1. The highest BCUT2D eigenvalue weighted by Crippen LogP contribution is 2.19. The van der Waals surface area contributed by atoms with Crippen LogP contribution in [0.5, 0.6) is 5.75 Å². The number of carbonyl (C=O) groups is 1. The number of hydrogen-bond acceptors (Lipinski definition) is 3. The summed E-state index contributed by atoms with van der Waals surface area (Å²) in [7, 11) is 0. The number of benzene rings is 2. The number of nitrogens with zero attached hydrogens (tertiary/aromatic N) is 1. The van der Waals surface area contributed by atoms with Crippen LogP contribution in [0.1, 0.15) is 12.5 Å². The second-order valence-electron chi connectivity index (χ2n) is 6.71. The van der Waals surface area contributed by atoms with Crippen LogP contribution >= 0.6 is 0 Å². The molecule has 0 saturated carbocycles. The number of piperazine rings is 1. The van der Waals surface area contributed by atoms with Gasteiger partial charge in [0.2, 0.25) is 0 Å². The van der Waals surface area contributed by atoms with Gasteiger partial charge in [-0.25, -0.2) is 0 Å². The molecule has 0 radical (unpaired) electrons. The smallest absolute Gasteiger partial charge is 0.279 e. The summed E-state index contributed by atoms with van der Waals surface area (Å²) in [6, 6.07) is 16.0. The van der Waals surface area contributed by atoms with Crippen LogP contribution in [0, 0.1) is 6.92 Å². The Bertz CT molecular complexity index is 722. The van der Waals surface area contributed by atoms with Crippen LogP contribution in [-0.2, 0) is 4.79 Å². The van der Waals surface area contributed by atoms with E-state index in [9.17, 15) is 4.79 Å². The molecule has 0 aliphatic carbocycles. The first-order chi connectivity index (χ1) is 12.7. The van der Waals surface area contributed by atoms with E-state index < -0.39 is 0 Å². The number of quaternary nitrogens is 1. The maximum atomic E-state index is 12.3. The second-order valence-corrected chi connectivity index (χ2v) is 6.71. The van der Waals surface area contributed by atoms with Crippen LogP contribution in [-0.4, -0.2) is 45.2 Å². The molecule has 2 aromatic rings. The summed E-state index contributed by atoms with van der Waals surface area (Å²) >= 11 is 0. The monoisotopic (exact) mass is 354 g/mol. The lowest BCUT2D eigenvalue weighted by molar-refractivity contribution is -0.892. The molecule has 5 nitrogen and oxygen atoms in total. The predicted molar refractivity (Wildman–Crippen MR) is 105 cm³/mol. The molecule has 2 aromatic carbocycles. The Morgan fingerprint density at radius 2 is 1.81 bits per heavy atom. The highest BCUT2D eigenvalue weighted by atomic mass is 16.5. The van der Waals surface area contributed by atoms with Gasteiger partial charge in [-0.1, -0.05) is 18.2 Å². The summed E-state index contributed by atoms with van der Waals surface area (Å²) in [6.45, 7) is 9.18. The average Bonchev–Trinajstić information content (AvgIpc) is 2.65. The van der Waals surface area contributed by atoms with E-state index in [1.54, 1.807) is 0 Å². The summed E-state index contributed by atoms with van der Waals surface area (Å²) in [5.41, 5.74) is 3.44. The van der Waals surface area contributed by atoms with Gasteiger partial charge in [-0.3, -0.25) is 4.79 Å². The lowest BCUT2D eigenvalue weighted by Crippen LogP contribution is -3.15. The van der Waals surface area contributed by atoms with E-state index in [2.05, 4.69) is 41.4 Å². The minimum atomic E-state index is 0.0634. The minimum absolute atomic E-state index is 0.0634. The third-order valence-corrected chi connectivity index (χ3v) is 4.79. The lowest BCUT2D eigenvalue weighted by Gasteiger charge is -2.34. The van der Waals surface area contributed by atoms with Gasteiger partial charge in [0.15, 0.2) is 6.54 Å². The first kappa shape index (κ1) is 18.3. The van der Waals surface area contributed by atoms with Crippen molar-refractivity contribution in [2.75, 3.05) is 49.5 Å². The average molecular weight is 354 g/mol. The highest BCUT2D eigenvalue weighted by molar-refractivity contribution is 5.91. The number of aryl methyl sites for hydroxylation is 1. The summed E-state index contributed by atoms with van der Waals surface area (Å²) in [4.78, 5) is 16.1. The lowest BCUT2D eigenvalue weighted by atomic mass is 10.1. The topological polar surface area (TPSA) is 46.0 Å².